The maximum absolute atomic E-state index is 7.50. The summed E-state index contributed by atoms with van der Waals surface area (Å²) in [7, 11) is 0. The summed E-state index contributed by atoms with van der Waals surface area (Å²) >= 11 is 0. The van der Waals surface area contributed by atoms with Crippen LogP contribution in [0.5, 0.6) is 0 Å². The Morgan fingerprint density at radius 1 is 0.684 bits per heavy atom. The first kappa shape index (κ1) is 26.8. The molecule has 0 unspecified atom stereocenters. The predicted octanol–water partition coefficient (Wildman–Crippen LogP) is 3.79. The molecule has 0 bridgehead atoms. The molecule has 0 fully saturated rings. The van der Waals surface area contributed by atoms with Crippen LogP contribution in [0.4, 0.5) is 0 Å². The van der Waals surface area contributed by atoms with Crippen molar-refractivity contribution in [2.45, 2.75) is 41.5 Å². The Hall–Kier alpha value is -0.638. The van der Waals surface area contributed by atoms with Crippen LogP contribution in [-0.4, -0.2) is 0 Å². The van der Waals surface area contributed by atoms with Crippen molar-refractivity contribution in [1.82, 2.24) is 0 Å². The van der Waals surface area contributed by atoms with Gasteiger partial charge in [0.2, 0.25) is 0 Å². The largest absolute Gasteiger partial charge is 0 e. The summed E-state index contributed by atoms with van der Waals surface area (Å²) in [5, 5.41) is 0. The van der Waals surface area contributed by atoms with Gasteiger partial charge < -0.3 is 0 Å². The van der Waals surface area contributed by atoms with Crippen molar-refractivity contribution in [1.29, 1.82) is 0 Å². The monoisotopic (exact) mass is 434 g/mol. The Bertz CT molecular complexity index is 306. The van der Waals surface area contributed by atoms with Crippen molar-refractivity contribution in [3.05, 3.63) is 48.2 Å². The molecular weight excluding hydrogens is 414 g/mol. The second-order valence-corrected chi connectivity index (χ2v) is 3.96. The number of hydrogen-bond acceptors (Lipinski definition) is 0. The standard InChI is InChI=1S/C12H19.3CO.Re/c1-7-8(2)10(4)12(6)11(5)9(7)3;3*1-2;/h7H,1-6H3;;;;. The van der Waals surface area contributed by atoms with Crippen molar-refractivity contribution in [2.75, 3.05) is 0 Å². The topological polar surface area (TPSA) is 59.7 Å². The molecule has 0 N–H and O–H groups in total. The van der Waals surface area contributed by atoms with E-state index in [4.69, 9.17) is 14.0 Å². The molecule has 0 heterocycles. The van der Waals surface area contributed by atoms with E-state index in [0.717, 1.165) is 0 Å². The van der Waals surface area contributed by atoms with Gasteiger partial charge in [-0.2, -0.15) is 0 Å². The predicted molar refractivity (Wildman–Crippen MR) is 66.6 cm³/mol. The number of rotatable bonds is 0. The van der Waals surface area contributed by atoms with Crippen LogP contribution in [0.3, 0.4) is 0 Å². The summed E-state index contributed by atoms with van der Waals surface area (Å²) < 4.78 is 22.5. The molecule has 0 spiro atoms. The molecule has 104 valence electrons. The Kier molecular flexibility index (Phi) is 21.8. The fourth-order valence-corrected chi connectivity index (χ4v) is 1.85. The molecule has 0 saturated heterocycles. The van der Waals surface area contributed by atoms with Crippen molar-refractivity contribution in [3.63, 3.8) is 0 Å². The maximum Gasteiger partial charge on any atom is 0 e. The van der Waals surface area contributed by atoms with Gasteiger partial charge in [0.25, 0.3) is 0 Å². The van der Waals surface area contributed by atoms with Crippen LogP contribution in [0, 0.1) is 31.8 Å². The first-order valence-electron chi connectivity index (χ1n) is 5.27. The zero-order valence-corrected chi connectivity index (χ0v) is 14.9. The molecule has 0 aromatic rings. The van der Waals surface area contributed by atoms with Crippen LogP contribution < -0.4 is 0 Å². The molecule has 3 nitrogen and oxygen atoms in total. The summed E-state index contributed by atoms with van der Waals surface area (Å²) in [4.78, 5) is 0. The summed E-state index contributed by atoms with van der Waals surface area (Å²) in [5.74, 6) is 2.12. The average Bonchev–Trinajstić information content (AvgIpc) is 2.47. The van der Waals surface area contributed by atoms with Crippen LogP contribution in [0.25, 0.3) is 0 Å². The van der Waals surface area contributed by atoms with Crippen LogP contribution in [0.1, 0.15) is 41.5 Å². The quantitative estimate of drug-likeness (QED) is 0.412. The fraction of sp³-hybridized carbons (Fsp3) is 0.467. The minimum Gasteiger partial charge on any atom is 0 e. The third kappa shape index (κ3) is 7.51. The summed E-state index contributed by atoms with van der Waals surface area (Å²) in [5.41, 5.74) is 6.06. The van der Waals surface area contributed by atoms with Gasteiger partial charge in [0.1, 0.15) is 0 Å². The van der Waals surface area contributed by atoms with Gasteiger partial charge in [-0.1, -0.05) is 36.1 Å². The SMILES string of the molecule is C[C]1C(C)=C(C)C(C)C(C)=C1C.[C-]#[O+].[C-]#[O+].[C-]#[O+].[Re]. The van der Waals surface area contributed by atoms with Gasteiger partial charge in [0.05, 0.1) is 0 Å². The molecule has 0 amide bonds. The average molecular weight is 434 g/mol. The molecular formula is C15H19O3Re. The fourth-order valence-electron chi connectivity index (χ4n) is 1.85. The van der Waals surface area contributed by atoms with E-state index in [-0.39, 0.29) is 20.4 Å². The molecule has 1 rings (SSSR count). The van der Waals surface area contributed by atoms with Gasteiger partial charge in [0.15, 0.2) is 0 Å². The van der Waals surface area contributed by atoms with E-state index in [1.54, 1.807) is 0 Å². The molecule has 2 radical (unpaired) electrons. The third-order valence-corrected chi connectivity index (χ3v) is 3.61. The number of hydrogen-bond donors (Lipinski definition) is 0. The van der Waals surface area contributed by atoms with Crippen molar-refractivity contribution >= 4 is 0 Å². The Morgan fingerprint density at radius 2 is 0.895 bits per heavy atom. The Morgan fingerprint density at radius 3 is 1.11 bits per heavy atom. The van der Waals surface area contributed by atoms with Crippen LogP contribution in [0.15, 0.2) is 22.3 Å². The third-order valence-electron chi connectivity index (χ3n) is 3.61. The van der Waals surface area contributed by atoms with Gasteiger partial charge in [0, 0.05) is 26.3 Å². The molecule has 19 heavy (non-hydrogen) atoms. The minimum atomic E-state index is 0. The van der Waals surface area contributed by atoms with E-state index < -0.39 is 0 Å². The smallest absolute Gasteiger partial charge is 0 e. The second kappa shape index (κ2) is 15.4. The minimum absolute atomic E-state index is 0. The zero-order valence-electron chi connectivity index (χ0n) is 12.2. The summed E-state index contributed by atoms with van der Waals surface area (Å²) in [6.45, 7) is 27.0. The number of allylic oxidation sites excluding steroid dienone is 4. The van der Waals surface area contributed by atoms with E-state index in [0.29, 0.717) is 5.92 Å². The van der Waals surface area contributed by atoms with E-state index >= 15 is 0 Å². The van der Waals surface area contributed by atoms with Gasteiger partial charge in [-0.25, -0.2) is 0 Å². The molecule has 0 aliphatic heterocycles. The maximum atomic E-state index is 7.50. The van der Waals surface area contributed by atoms with E-state index in [9.17, 15) is 0 Å². The molecule has 1 aliphatic carbocycles. The summed E-state index contributed by atoms with van der Waals surface area (Å²) in [6, 6.07) is 0. The van der Waals surface area contributed by atoms with Crippen molar-refractivity contribution in [3.8, 4) is 0 Å². The van der Waals surface area contributed by atoms with E-state index in [1.807, 2.05) is 0 Å². The van der Waals surface area contributed by atoms with Crippen molar-refractivity contribution in [2.24, 2.45) is 5.92 Å². The van der Waals surface area contributed by atoms with E-state index in [1.165, 1.54) is 28.2 Å². The molecule has 0 saturated carbocycles. The Labute approximate surface area is 130 Å². The van der Waals surface area contributed by atoms with Gasteiger partial charge in [-0.05, 0) is 33.6 Å². The van der Waals surface area contributed by atoms with E-state index in [2.05, 4.69) is 61.5 Å². The zero-order chi connectivity index (χ0) is 15.5. The molecule has 4 heteroatoms. The molecule has 1 aliphatic rings. The normalized spacial score (nSPS) is 14.5. The molecule has 0 aromatic carbocycles. The first-order valence-corrected chi connectivity index (χ1v) is 5.27. The van der Waals surface area contributed by atoms with Gasteiger partial charge in [-0.3, -0.25) is 0 Å². The molecule has 0 aromatic heterocycles. The Balaban J connectivity index is -0.000000142. The second-order valence-electron chi connectivity index (χ2n) is 3.96. The van der Waals surface area contributed by atoms with Crippen molar-refractivity contribution < 1.29 is 34.4 Å². The molecule has 0 atom stereocenters. The van der Waals surface area contributed by atoms with Gasteiger partial charge >= 0.3 is 33.9 Å². The van der Waals surface area contributed by atoms with Crippen LogP contribution >= 0.6 is 0 Å². The first-order chi connectivity index (χ1) is 8.46. The van der Waals surface area contributed by atoms with Gasteiger partial charge in [-0.15, -0.1) is 0 Å². The van der Waals surface area contributed by atoms with Crippen LogP contribution in [-0.2, 0) is 34.4 Å². The van der Waals surface area contributed by atoms with Crippen LogP contribution in [0.2, 0.25) is 0 Å². The summed E-state index contributed by atoms with van der Waals surface area (Å²) in [6.07, 6.45) is 0.